The molecule has 0 amide bonds. The summed E-state index contributed by atoms with van der Waals surface area (Å²) in [6, 6.07) is 2.24. The van der Waals surface area contributed by atoms with Crippen LogP contribution >= 0.6 is 11.3 Å². The topological polar surface area (TPSA) is 15.6 Å². The zero-order valence-corrected chi connectivity index (χ0v) is 8.84. The molecule has 0 radical (unpaired) electrons. The molecule has 1 unspecified atom stereocenters. The molecule has 0 N–H and O–H groups in total. The first-order valence-electron chi connectivity index (χ1n) is 4.51. The Bertz CT molecular complexity index is 316. The van der Waals surface area contributed by atoms with Crippen molar-refractivity contribution in [2.24, 2.45) is 4.99 Å². The molecule has 1 aromatic heterocycles. The van der Waals surface area contributed by atoms with Gasteiger partial charge in [0, 0.05) is 30.9 Å². The van der Waals surface area contributed by atoms with Crippen molar-refractivity contribution >= 4 is 17.7 Å². The Morgan fingerprint density at radius 3 is 3.08 bits per heavy atom. The Morgan fingerprint density at radius 2 is 2.46 bits per heavy atom. The summed E-state index contributed by atoms with van der Waals surface area (Å²) in [6.07, 6.45) is 1.93. The first-order valence-corrected chi connectivity index (χ1v) is 5.39. The SMILES string of the molecule is Cc1sccc1C1CN=CN(C)C1. The van der Waals surface area contributed by atoms with Gasteiger partial charge in [0.05, 0.1) is 6.34 Å². The lowest BCUT2D eigenvalue weighted by molar-refractivity contribution is 0.439. The Morgan fingerprint density at radius 1 is 1.62 bits per heavy atom. The summed E-state index contributed by atoms with van der Waals surface area (Å²) in [4.78, 5) is 7.94. The maximum atomic E-state index is 4.34. The van der Waals surface area contributed by atoms with E-state index in [9.17, 15) is 0 Å². The van der Waals surface area contributed by atoms with Crippen molar-refractivity contribution in [3.05, 3.63) is 21.9 Å². The molecule has 1 aliphatic rings. The maximum Gasteiger partial charge on any atom is 0.0847 e. The molecule has 2 rings (SSSR count). The van der Waals surface area contributed by atoms with E-state index in [2.05, 4.69) is 35.3 Å². The second kappa shape index (κ2) is 3.50. The molecule has 0 fully saturated rings. The molecule has 0 saturated heterocycles. The number of thiophene rings is 1. The molecule has 0 spiro atoms. The minimum Gasteiger partial charge on any atom is -0.365 e. The molecule has 0 saturated carbocycles. The average molecular weight is 194 g/mol. The van der Waals surface area contributed by atoms with Crippen molar-refractivity contribution < 1.29 is 0 Å². The molecule has 0 bridgehead atoms. The van der Waals surface area contributed by atoms with Crippen LogP contribution in [-0.4, -0.2) is 31.4 Å². The van der Waals surface area contributed by atoms with Gasteiger partial charge >= 0.3 is 0 Å². The van der Waals surface area contributed by atoms with Crippen LogP contribution in [0.25, 0.3) is 0 Å². The van der Waals surface area contributed by atoms with Gasteiger partial charge in [-0.05, 0) is 23.9 Å². The number of nitrogens with zero attached hydrogens (tertiary/aromatic N) is 2. The van der Waals surface area contributed by atoms with Gasteiger partial charge in [-0.2, -0.15) is 0 Å². The summed E-state index contributed by atoms with van der Waals surface area (Å²) < 4.78 is 0. The fraction of sp³-hybridized carbons (Fsp3) is 0.500. The van der Waals surface area contributed by atoms with Crippen molar-refractivity contribution in [2.75, 3.05) is 20.1 Å². The number of aryl methyl sites for hydroxylation is 1. The Kier molecular flexibility index (Phi) is 2.36. The standard InChI is InChI=1S/C10H14N2S/c1-8-10(3-4-13-8)9-5-11-7-12(2)6-9/h3-4,7,9H,5-6H2,1-2H3. The molecular formula is C10H14N2S. The normalized spacial score (nSPS) is 22.3. The minimum absolute atomic E-state index is 0.598. The summed E-state index contributed by atoms with van der Waals surface area (Å²) in [5, 5.41) is 2.17. The van der Waals surface area contributed by atoms with E-state index >= 15 is 0 Å². The van der Waals surface area contributed by atoms with E-state index < -0.39 is 0 Å². The van der Waals surface area contributed by atoms with Gasteiger partial charge in [0.15, 0.2) is 0 Å². The second-order valence-electron chi connectivity index (χ2n) is 3.55. The molecule has 70 valence electrons. The van der Waals surface area contributed by atoms with Gasteiger partial charge in [-0.1, -0.05) is 0 Å². The number of likely N-dealkylation sites (N-methyl/N-ethyl adjacent to an activating group) is 1. The third kappa shape index (κ3) is 1.75. The van der Waals surface area contributed by atoms with Gasteiger partial charge in [0.1, 0.15) is 0 Å². The second-order valence-corrected chi connectivity index (χ2v) is 4.67. The van der Waals surface area contributed by atoms with E-state index in [-0.39, 0.29) is 0 Å². The van der Waals surface area contributed by atoms with E-state index in [1.807, 2.05) is 17.7 Å². The first kappa shape index (κ1) is 8.75. The first-order chi connectivity index (χ1) is 6.27. The Labute approximate surface area is 82.9 Å². The summed E-state index contributed by atoms with van der Waals surface area (Å²) in [5.41, 5.74) is 1.48. The van der Waals surface area contributed by atoms with E-state index in [1.165, 1.54) is 10.4 Å². The fourth-order valence-corrected chi connectivity index (χ4v) is 2.57. The van der Waals surface area contributed by atoms with Crippen LogP contribution in [0.5, 0.6) is 0 Å². The Balaban J connectivity index is 2.19. The van der Waals surface area contributed by atoms with Crippen LogP contribution < -0.4 is 0 Å². The summed E-state index contributed by atoms with van der Waals surface area (Å²) in [7, 11) is 2.08. The van der Waals surface area contributed by atoms with Gasteiger partial charge < -0.3 is 4.90 Å². The van der Waals surface area contributed by atoms with Crippen LogP contribution in [0.2, 0.25) is 0 Å². The molecule has 1 aliphatic heterocycles. The molecule has 2 nitrogen and oxygen atoms in total. The van der Waals surface area contributed by atoms with Crippen LogP contribution in [0.1, 0.15) is 16.4 Å². The van der Waals surface area contributed by atoms with Crippen molar-refractivity contribution in [1.29, 1.82) is 0 Å². The minimum atomic E-state index is 0.598. The van der Waals surface area contributed by atoms with Crippen molar-refractivity contribution in [2.45, 2.75) is 12.8 Å². The molecule has 13 heavy (non-hydrogen) atoms. The van der Waals surface area contributed by atoms with E-state index in [0.717, 1.165) is 13.1 Å². The summed E-state index contributed by atoms with van der Waals surface area (Å²) >= 11 is 1.83. The van der Waals surface area contributed by atoms with Crippen molar-refractivity contribution in [3.8, 4) is 0 Å². The van der Waals surface area contributed by atoms with E-state index in [1.54, 1.807) is 0 Å². The third-order valence-corrected chi connectivity index (χ3v) is 3.31. The highest BCUT2D eigenvalue weighted by Crippen LogP contribution is 2.26. The number of rotatable bonds is 1. The Hall–Kier alpha value is -0.830. The van der Waals surface area contributed by atoms with Gasteiger partial charge in [-0.3, -0.25) is 4.99 Å². The van der Waals surface area contributed by atoms with Crippen LogP contribution in [0, 0.1) is 6.92 Å². The van der Waals surface area contributed by atoms with Gasteiger partial charge in [-0.25, -0.2) is 0 Å². The number of hydrogen-bond donors (Lipinski definition) is 0. The van der Waals surface area contributed by atoms with Crippen LogP contribution in [0.4, 0.5) is 0 Å². The van der Waals surface area contributed by atoms with E-state index in [4.69, 9.17) is 0 Å². The lowest BCUT2D eigenvalue weighted by atomic mass is 9.99. The summed E-state index contributed by atoms with van der Waals surface area (Å²) in [6.45, 7) is 4.24. The quantitative estimate of drug-likeness (QED) is 0.668. The van der Waals surface area contributed by atoms with Gasteiger partial charge in [0.2, 0.25) is 0 Å². The van der Waals surface area contributed by atoms with Crippen LogP contribution in [0.15, 0.2) is 16.4 Å². The monoisotopic (exact) mass is 194 g/mol. The highest BCUT2D eigenvalue weighted by atomic mass is 32.1. The zero-order valence-electron chi connectivity index (χ0n) is 8.03. The molecule has 2 heterocycles. The highest BCUT2D eigenvalue weighted by Gasteiger charge is 2.17. The molecule has 3 heteroatoms. The molecular weight excluding hydrogens is 180 g/mol. The average Bonchev–Trinajstić information content (AvgIpc) is 2.51. The van der Waals surface area contributed by atoms with Crippen molar-refractivity contribution in [1.82, 2.24) is 4.90 Å². The van der Waals surface area contributed by atoms with Crippen LogP contribution in [-0.2, 0) is 0 Å². The fourth-order valence-electron chi connectivity index (χ4n) is 1.78. The predicted octanol–water partition coefficient (Wildman–Crippen LogP) is 2.11. The third-order valence-electron chi connectivity index (χ3n) is 2.45. The molecule has 0 aliphatic carbocycles. The van der Waals surface area contributed by atoms with Gasteiger partial charge in [-0.15, -0.1) is 11.3 Å². The van der Waals surface area contributed by atoms with Crippen LogP contribution in [0.3, 0.4) is 0 Å². The molecule has 0 aromatic carbocycles. The largest absolute Gasteiger partial charge is 0.365 e. The molecule has 1 atom stereocenters. The predicted molar refractivity (Wildman–Crippen MR) is 57.8 cm³/mol. The smallest absolute Gasteiger partial charge is 0.0847 e. The summed E-state index contributed by atoms with van der Waals surface area (Å²) in [5.74, 6) is 0.598. The van der Waals surface area contributed by atoms with E-state index in [0.29, 0.717) is 5.92 Å². The number of aliphatic imine (C=N–C) groups is 1. The van der Waals surface area contributed by atoms with Crippen molar-refractivity contribution in [3.63, 3.8) is 0 Å². The highest BCUT2D eigenvalue weighted by molar-refractivity contribution is 7.10. The number of hydrogen-bond acceptors (Lipinski definition) is 3. The lowest BCUT2D eigenvalue weighted by Gasteiger charge is -2.25. The zero-order chi connectivity index (χ0) is 9.26. The molecule has 1 aromatic rings. The maximum absolute atomic E-state index is 4.34. The lowest BCUT2D eigenvalue weighted by Crippen LogP contribution is -2.29. The van der Waals surface area contributed by atoms with Gasteiger partial charge in [0.25, 0.3) is 0 Å².